The topological polar surface area (TPSA) is 92.8 Å². The lowest BCUT2D eigenvalue weighted by Crippen LogP contribution is -2.37. The van der Waals surface area contributed by atoms with Gasteiger partial charge in [-0.25, -0.2) is 0 Å². The number of likely N-dealkylation sites (tertiary alicyclic amines) is 1. The summed E-state index contributed by atoms with van der Waals surface area (Å²) in [5, 5.41) is 2.66. The Balaban J connectivity index is 1.52. The summed E-state index contributed by atoms with van der Waals surface area (Å²) in [5.41, 5.74) is 1.46. The summed E-state index contributed by atoms with van der Waals surface area (Å²) < 4.78 is 5.86. The van der Waals surface area contributed by atoms with Crippen LogP contribution in [0.15, 0.2) is 22.7 Å². The average molecular weight is 595 g/mol. The number of carbonyl (C=O) groups excluding carboxylic acids is 4. The third-order valence-corrected chi connectivity index (χ3v) is 8.34. The monoisotopic (exact) mass is 592 g/mol. The number of nitrogens with one attached hydrogen (secondary N) is 1. The smallest absolute Gasteiger partial charge is 0.326 e. The molecule has 156 valence electrons. The van der Waals surface area contributed by atoms with Crippen LogP contribution in [-0.2, 0) is 23.9 Å². The molecule has 4 atom stereocenters. The zero-order valence-corrected chi connectivity index (χ0v) is 20.3. The molecule has 1 aliphatic heterocycles. The van der Waals surface area contributed by atoms with Crippen molar-refractivity contribution in [2.75, 3.05) is 18.5 Å². The number of ether oxygens (including phenoxy) is 1. The van der Waals surface area contributed by atoms with Gasteiger partial charge in [-0.2, -0.15) is 0 Å². The maximum atomic E-state index is 12.6. The number of carbonyl (C=O) groups is 4. The quantitative estimate of drug-likeness (QED) is 0.321. The molecular weight excluding hydrogens is 576 g/mol. The van der Waals surface area contributed by atoms with Crippen LogP contribution in [0.3, 0.4) is 0 Å². The van der Waals surface area contributed by atoms with Gasteiger partial charge in [0.2, 0.25) is 11.8 Å². The largest absolute Gasteiger partial charge is 0.454 e. The molecule has 3 amide bonds. The summed E-state index contributed by atoms with van der Waals surface area (Å²) in [6.45, 7) is 0.866. The van der Waals surface area contributed by atoms with Gasteiger partial charge in [0.15, 0.2) is 6.61 Å². The highest BCUT2D eigenvalue weighted by molar-refractivity contribution is 9.12. The van der Waals surface area contributed by atoms with E-state index in [9.17, 15) is 19.2 Å². The summed E-state index contributed by atoms with van der Waals surface area (Å²) in [6, 6.07) is 5.37. The van der Waals surface area contributed by atoms with E-state index in [1.54, 1.807) is 12.1 Å². The van der Waals surface area contributed by atoms with Crippen LogP contribution < -0.4 is 5.32 Å². The first kappa shape index (κ1) is 22.4. The molecule has 0 aromatic heterocycles. The van der Waals surface area contributed by atoms with Gasteiger partial charge < -0.3 is 10.1 Å². The van der Waals surface area contributed by atoms with Gasteiger partial charge in [0.25, 0.3) is 5.91 Å². The molecule has 0 bridgehead atoms. The fourth-order valence-electron chi connectivity index (χ4n) is 3.59. The predicted molar refractivity (Wildman–Crippen MR) is 117 cm³/mol. The normalized spacial score (nSPS) is 26.3. The van der Waals surface area contributed by atoms with Gasteiger partial charge in [0, 0.05) is 19.8 Å². The Bertz CT molecular complexity index is 834. The van der Waals surface area contributed by atoms with E-state index in [0.717, 1.165) is 14.9 Å². The van der Waals surface area contributed by atoms with E-state index in [2.05, 4.69) is 53.1 Å². The summed E-state index contributed by atoms with van der Waals surface area (Å²) in [4.78, 5) is 50.4. The number of benzene rings is 1. The maximum absolute atomic E-state index is 12.6. The van der Waals surface area contributed by atoms with Crippen LogP contribution in [0.1, 0.15) is 18.4 Å². The standard InChI is InChI=1S/C19H19Br3N2O5/c1-9-4-10(20)2-3-15(9)23-16(25)8-29-17(26)7-24-18(27)11-5-13(21)14(22)6-12(11)19(24)28/h2-4,11-14H,5-8H2,1H3,(H,23,25)/t11-,12-,13-,14+/m1/s1. The van der Waals surface area contributed by atoms with Gasteiger partial charge in [-0.15, -0.1) is 0 Å². The second-order valence-electron chi connectivity index (χ2n) is 7.15. The molecule has 2 aliphatic rings. The zero-order valence-electron chi connectivity index (χ0n) is 15.5. The number of amides is 3. The number of alkyl halides is 2. The number of fused-ring (bicyclic) bond motifs is 1. The number of hydrogen-bond acceptors (Lipinski definition) is 5. The highest BCUT2D eigenvalue weighted by Gasteiger charge is 2.52. The van der Waals surface area contributed by atoms with Crippen molar-refractivity contribution in [1.29, 1.82) is 0 Å². The first-order chi connectivity index (χ1) is 13.7. The molecule has 1 N–H and O–H groups in total. The molecule has 2 fully saturated rings. The molecule has 0 spiro atoms. The molecule has 0 unspecified atom stereocenters. The third kappa shape index (κ3) is 5.08. The van der Waals surface area contributed by atoms with Crippen molar-refractivity contribution in [3.63, 3.8) is 0 Å². The van der Waals surface area contributed by atoms with Crippen LogP contribution in [0.25, 0.3) is 0 Å². The Morgan fingerprint density at radius 1 is 1.14 bits per heavy atom. The minimum absolute atomic E-state index is 0.0955. The molecule has 1 heterocycles. The van der Waals surface area contributed by atoms with Crippen LogP contribution in [0, 0.1) is 18.8 Å². The minimum atomic E-state index is -0.793. The first-order valence-electron chi connectivity index (χ1n) is 9.02. The number of halogens is 3. The Kier molecular flexibility index (Phi) is 7.16. The van der Waals surface area contributed by atoms with E-state index in [1.807, 2.05) is 13.0 Å². The second kappa shape index (κ2) is 9.26. The average Bonchev–Trinajstić information content (AvgIpc) is 2.87. The molecule has 7 nitrogen and oxygen atoms in total. The van der Waals surface area contributed by atoms with E-state index < -0.39 is 36.9 Å². The fraction of sp³-hybridized carbons (Fsp3) is 0.474. The van der Waals surface area contributed by atoms with Crippen molar-refractivity contribution in [2.45, 2.75) is 29.4 Å². The van der Waals surface area contributed by atoms with Crippen molar-refractivity contribution in [2.24, 2.45) is 11.8 Å². The Hall–Kier alpha value is -1.26. The molecule has 1 aromatic rings. The molecule has 1 saturated heterocycles. The van der Waals surface area contributed by atoms with Gasteiger partial charge in [0.05, 0.1) is 11.8 Å². The maximum Gasteiger partial charge on any atom is 0.326 e. The van der Waals surface area contributed by atoms with Crippen LogP contribution in [0.4, 0.5) is 5.69 Å². The second-order valence-corrected chi connectivity index (χ2v) is 10.4. The van der Waals surface area contributed by atoms with E-state index in [4.69, 9.17) is 4.74 Å². The van der Waals surface area contributed by atoms with Crippen LogP contribution in [-0.4, -0.2) is 51.4 Å². The molecule has 1 saturated carbocycles. The molecule has 3 rings (SSSR count). The zero-order chi connectivity index (χ0) is 21.3. The highest BCUT2D eigenvalue weighted by atomic mass is 79.9. The number of imide groups is 1. The van der Waals surface area contributed by atoms with E-state index >= 15 is 0 Å². The Labute approximate surface area is 193 Å². The number of nitrogens with zero attached hydrogens (tertiary/aromatic N) is 1. The number of anilines is 1. The van der Waals surface area contributed by atoms with Crippen molar-refractivity contribution >= 4 is 77.2 Å². The summed E-state index contributed by atoms with van der Waals surface area (Å²) in [6.07, 6.45) is 1.07. The van der Waals surface area contributed by atoms with Crippen molar-refractivity contribution < 1.29 is 23.9 Å². The lowest BCUT2D eigenvalue weighted by molar-refractivity contribution is -0.154. The number of hydrogen-bond donors (Lipinski definition) is 1. The van der Waals surface area contributed by atoms with Gasteiger partial charge in [-0.05, 0) is 43.5 Å². The molecule has 0 radical (unpaired) electrons. The van der Waals surface area contributed by atoms with Gasteiger partial charge in [0.1, 0.15) is 6.54 Å². The first-order valence-corrected chi connectivity index (χ1v) is 11.6. The van der Waals surface area contributed by atoms with E-state index in [0.29, 0.717) is 18.5 Å². The van der Waals surface area contributed by atoms with Crippen LogP contribution in [0.2, 0.25) is 0 Å². The van der Waals surface area contributed by atoms with Crippen molar-refractivity contribution in [1.82, 2.24) is 4.90 Å². The molecule has 1 aliphatic carbocycles. The summed E-state index contributed by atoms with van der Waals surface area (Å²) in [7, 11) is 0. The van der Waals surface area contributed by atoms with Gasteiger partial charge in [-0.3, -0.25) is 24.1 Å². The van der Waals surface area contributed by atoms with Crippen molar-refractivity contribution in [3.05, 3.63) is 28.2 Å². The highest BCUT2D eigenvalue weighted by Crippen LogP contribution is 2.43. The lowest BCUT2D eigenvalue weighted by Gasteiger charge is -2.29. The van der Waals surface area contributed by atoms with Crippen LogP contribution >= 0.6 is 47.8 Å². The molecular formula is C19H19Br3N2O5. The number of rotatable bonds is 5. The number of esters is 1. The van der Waals surface area contributed by atoms with Gasteiger partial charge in [-0.1, -0.05) is 47.8 Å². The lowest BCUT2D eigenvalue weighted by atomic mass is 9.81. The summed E-state index contributed by atoms with van der Waals surface area (Å²) in [5.74, 6) is -2.83. The number of aryl methyl sites for hydroxylation is 1. The molecule has 1 aromatic carbocycles. The molecule has 29 heavy (non-hydrogen) atoms. The Morgan fingerprint density at radius 2 is 1.72 bits per heavy atom. The third-order valence-electron chi connectivity index (χ3n) is 5.12. The summed E-state index contributed by atoms with van der Waals surface area (Å²) >= 11 is 10.4. The van der Waals surface area contributed by atoms with Gasteiger partial charge >= 0.3 is 5.97 Å². The molecule has 10 heteroatoms. The predicted octanol–water partition coefficient (Wildman–Crippen LogP) is 3.16. The SMILES string of the molecule is Cc1cc(Br)ccc1NC(=O)COC(=O)CN1C(=O)[C@@H]2C[C@@H](Br)[C@@H](Br)C[C@H]2C1=O. The minimum Gasteiger partial charge on any atom is -0.454 e. The van der Waals surface area contributed by atoms with Crippen molar-refractivity contribution in [3.8, 4) is 0 Å². The van der Waals surface area contributed by atoms with E-state index in [-0.39, 0.29) is 21.5 Å². The fourth-order valence-corrected chi connectivity index (χ4v) is 5.31. The Morgan fingerprint density at radius 3 is 2.28 bits per heavy atom. The van der Waals surface area contributed by atoms with Crippen LogP contribution in [0.5, 0.6) is 0 Å². The van der Waals surface area contributed by atoms with E-state index in [1.165, 1.54) is 0 Å².